The summed E-state index contributed by atoms with van der Waals surface area (Å²) < 4.78 is 5.63. The molecule has 2 aromatic rings. The van der Waals surface area contributed by atoms with Crippen LogP contribution in [-0.2, 0) is 11.2 Å². The summed E-state index contributed by atoms with van der Waals surface area (Å²) in [5, 5.41) is 11.7. The monoisotopic (exact) mass is 294 g/mol. The Bertz CT molecular complexity index is 687. The molecule has 22 heavy (non-hydrogen) atoms. The van der Waals surface area contributed by atoms with Crippen molar-refractivity contribution in [3.05, 3.63) is 59.7 Å². The van der Waals surface area contributed by atoms with E-state index in [0.29, 0.717) is 17.0 Å². The van der Waals surface area contributed by atoms with Gasteiger partial charge >= 0.3 is 0 Å². The Morgan fingerprint density at radius 1 is 1.23 bits per heavy atom. The van der Waals surface area contributed by atoms with Gasteiger partial charge in [-0.1, -0.05) is 31.2 Å². The van der Waals surface area contributed by atoms with Gasteiger partial charge in [0.2, 0.25) is 0 Å². The highest BCUT2D eigenvalue weighted by atomic mass is 16.5. The van der Waals surface area contributed by atoms with Gasteiger partial charge in [-0.2, -0.15) is 5.26 Å². The Balaban J connectivity index is 2.01. The molecule has 0 bridgehead atoms. The standard InChI is InChI=1S/C18H18N2O2/c1-3-14-8-10-16(11-9-14)22-13(2)18(21)20-17-7-5-4-6-15(17)12-19/h4-11,13H,3H2,1-2H3,(H,20,21)/t13-/m1/s1. The van der Waals surface area contributed by atoms with E-state index in [-0.39, 0.29) is 5.91 Å². The molecular formula is C18H18N2O2. The molecule has 0 aliphatic heterocycles. The molecule has 1 amide bonds. The Labute approximate surface area is 130 Å². The molecule has 0 unspecified atom stereocenters. The Kier molecular flexibility index (Phi) is 5.16. The maximum atomic E-state index is 12.2. The van der Waals surface area contributed by atoms with Crippen LogP contribution < -0.4 is 10.1 Å². The van der Waals surface area contributed by atoms with Crippen LogP contribution in [-0.4, -0.2) is 12.0 Å². The van der Waals surface area contributed by atoms with Crippen molar-refractivity contribution in [2.24, 2.45) is 0 Å². The highest BCUT2D eigenvalue weighted by molar-refractivity contribution is 5.95. The average Bonchev–Trinajstić information content (AvgIpc) is 2.56. The number of nitrogens with one attached hydrogen (secondary N) is 1. The quantitative estimate of drug-likeness (QED) is 0.917. The molecule has 0 heterocycles. The summed E-state index contributed by atoms with van der Waals surface area (Å²) >= 11 is 0. The van der Waals surface area contributed by atoms with Gasteiger partial charge in [-0.05, 0) is 43.2 Å². The minimum absolute atomic E-state index is 0.290. The van der Waals surface area contributed by atoms with Crippen LogP contribution in [0.15, 0.2) is 48.5 Å². The van der Waals surface area contributed by atoms with Crippen LogP contribution >= 0.6 is 0 Å². The van der Waals surface area contributed by atoms with Crippen LogP contribution in [0.25, 0.3) is 0 Å². The molecule has 0 aliphatic rings. The molecule has 0 aliphatic carbocycles. The first kappa shape index (κ1) is 15.6. The Hall–Kier alpha value is -2.80. The molecule has 4 nitrogen and oxygen atoms in total. The summed E-state index contributed by atoms with van der Waals surface area (Å²) in [6.45, 7) is 3.76. The summed E-state index contributed by atoms with van der Waals surface area (Å²) in [6.07, 6.45) is 0.306. The number of nitrogens with zero attached hydrogens (tertiary/aromatic N) is 1. The van der Waals surface area contributed by atoms with Gasteiger partial charge in [0.25, 0.3) is 5.91 Å². The van der Waals surface area contributed by atoms with E-state index in [9.17, 15) is 4.79 Å². The summed E-state index contributed by atoms with van der Waals surface area (Å²) in [5.74, 6) is 0.357. The number of hydrogen-bond donors (Lipinski definition) is 1. The molecule has 0 spiro atoms. The molecule has 0 radical (unpaired) electrons. The smallest absolute Gasteiger partial charge is 0.265 e. The largest absolute Gasteiger partial charge is 0.481 e. The topological polar surface area (TPSA) is 62.1 Å². The van der Waals surface area contributed by atoms with Gasteiger partial charge in [-0.3, -0.25) is 4.79 Å². The number of anilines is 1. The number of carbonyl (C=O) groups is 1. The van der Waals surface area contributed by atoms with Crippen molar-refractivity contribution in [3.8, 4) is 11.8 Å². The Morgan fingerprint density at radius 2 is 1.91 bits per heavy atom. The van der Waals surface area contributed by atoms with Crippen LogP contribution in [0.5, 0.6) is 5.75 Å². The molecular weight excluding hydrogens is 276 g/mol. The van der Waals surface area contributed by atoms with Gasteiger partial charge < -0.3 is 10.1 Å². The Morgan fingerprint density at radius 3 is 2.55 bits per heavy atom. The molecule has 0 fully saturated rings. The van der Waals surface area contributed by atoms with E-state index in [1.807, 2.05) is 30.3 Å². The van der Waals surface area contributed by atoms with Gasteiger partial charge in [0.1, 0.15) is 11.8 Å². The van der Waals surface area contributed by atoms with E-state index in [2.05, 4.69) is 12.2 Å². The fourth-order valence-corrected chi connectivity index (χ4v) is 1.99. The third-order valence-corrected chi connectivity index (χ3v) is 3.32. The van der Waals surface area contributed by atoms with E-state index >= 15 is 0 Å². The summed E-state index contributed by atoms with van der Waals surface area (Å²) in [4.78, 5) is 12.2. The van der Waals surface area contributed by atoms with Crippen LogP contribution in [0.2, 0.25) is 0 Å². The van der Waals surface area contributed by atoms with Crippen LogP contribution in [0.4, 0.5) is 5.69 Å². The molecule has 2 rings (SSSR count). The molecule has 1 N–H and O–H groups in total. The highest BCUT2D eigenvalue weighted by Gasteiger charge is 2.16. The van der Waals surface area contributed by atoms with Crippen LogP contribution in [0, 0.1) is 11.3 Å². The number of amides is 1. The van der Waals surface area contributed by atoms with Crippen molar-refractivity contribution in [3.63, 3.8) is 0 Å². The molecule has 0 aromatic heterocycles. The van der Waals surface area contributed by atoms with Gasteiger partial charge in [-0.25, -0.2) is 0 Å². The van der Waals surface area contributed by atoms with E-state index in [4.69, 9.17) is 10.00 Å². The first-order valence-corrected chi connectivity index (χ1v) is 7.19. The number of aryl methyl sites for hydroxylation is 1. The lowest BCUT2D eigenvalue weighted by atomic mass is 10.2. The molecule has 0 saturated heterocycles. The van der Waals surface area contributed by atoms with Crippen molar-refractivity contribution in [1.29, 1.82) is 5.26 Å². The first-order chi connectivity index (χ1) is 10.6. The number of rotatable bonds is 5. The number of carbonyl (C=O) groups excluding carboxylic acids is 1. The number of ether oxygens (including phenoxy) is 1. The lowest BCUT2D eigenvalue weighted by molar-refractivity contribution is -0.122. The maximum Gasteiger partial charge on any atom is 0.265 e. The lowest BCUT2D eigenvalue weighted by Gasteiger charge is -2.15. The van der Waals surface area contributed by atoms with Crippen molar-refractivity contribution in [1.82, 2.24) is 0 Å². The molecule has 0 saturated carbocycles. The predicted molar refractivity (Wildman–Crippen MR) is 85.7 cm³/mol. The van der Waals surface area contributed by atoms with Crippen LogP contribution in [0.3, 0.4) is 0 Å². The first-order valence-electron chi connectivity index (χ1n) is 7.19. The van der Waals surface area contributed by atoms with Gasteiger partial charge in [0.05, 0.1) is 11.3 Å². The van der Waals surface area contributed by atoms with Crippen molar-refractivity contribution in [2.75, 3.05) is 5.32 Å². The summed E-state index contributed by atoms with van der Waals surface area (Å²) in [5.41, 5.74) is 2.13. The fraction of sp³-hybridized carbons (Fsp3) is 0.222. The van der Waals surface area contributed by atoms with Gasteiger partial charge in [0.15, 0.2) is 6.10 Å². The van der Waals surface area contributed by atoms with E-state index in [1.165, 1.54) is 5.56 Å². The third-order valence-electron chi connectivity index (χ3n) is 3.32. The number of nitriles is 1. The van der Waals surface area contributed by atoms with Crippen molar-refractivity contribution >= 4 is 11.6 Å². The van der Waals surface area contributed by atoms with Crippen LogP contribution in [0.1, 0.15) is 25.0 Å². The molecule has 4 heteroatoms. The van der Waals surface area contributed by atoms with Gasteiger partial charge in [0, 0.05) is 0 Å². The second-order valence-corrected chi connectivity index (χ2v) is 4.90. The fourth-order valence-electron chi connectivity index (χ4n) is 1.99. The second kappa shape index (κ2) is 7.28. The second-order valence-electron chi connectivity index (χ2n) is 4.90. The minimum atomic E-state index is -0.653. The maximum absolute atomic E-state index is 12.2. The van der Waals surface area contributed by atoms with E-state index < -0.39 is 6.10 Å². The number of para-hydroxylation sites is 1. The van der Waals surface area contributed by atoms with Crippen molar-refractivity contribution < 1.29 is 9.53 Å². The minimum Gasteiger partial charge on any atom is -0.481 e. The lowest BCUT2D eigenvalue weighted by Crippen LogP contribution is -2.30. The zero-order chi connectivity index (χ0) is 15.9. The predicted octanol–water partition coefficient (Wildman–Crippen LogP) is 3.53. The molecule has 2 aromatic carbocycles. The van der Waals surface area contributed by atoms with Gasteiger partial charge in [-0.15, -0.1) is 0 Å². The van der Waals surface area contributed by atoms with Crippen molar-refractivity contribution in [2.45, 2.75) is 26.4 Å². The molecule has 1 atom stereocenters. The number of benzene rings is 2. The summed E-state index contributed by atoms with van der Waals surface area (Å²) in [6, 6.07) is 16.6. The normalized spacial score (nSPS) is 11.3. The van der Waals surface area contributed by atoms with E-state index in [0.717, 1.165) is 6.42 Å². The zero-order valence-corrected chi connectivity index (χ0v) is 12.7. The average molecular weight is 294 g/mol. The SMILES string of the molecule is CCc1ccc(O[C@H](C)C(=O)Nc2ccccc2C#N)cc1. The summed E-state index contributed by atoms with van der Waals surface area (Å²) in [7, 11) is 0. The highest BCUT2D eigenvalue weighted by Crippen LogP contribution is 2.17. The third kappa shape index (κ3) is 3.86. The van der Waals surface area contributed by atoms with E-state index in [1.54, 1.807) is 31.2 Å². The molecule has 112 valence electrons. The zero-order valence-electron chi connectivity index (χ0n) is 12.7. The number of hydrogen-bond acceptors (Lipinski definition) is 3.